The molecule has 3 heteroatoms. The smallest absolute Gasteiger partial charge is 0.344 e. The minimum Gasteiger partial charge on any atom is -0.422 e. The van der Waals surface area contributed by atoms with Crippen LogP contribution < -0.4 is 0 Å². The van der Waals surface area contributed by atoms with Crippen molar-refractivity contribution in [2.75, 3.05) is 0 Å². The van der Waals surface area contributed by atoms with Crippen LogP contribution in [0, 0.1) is 6.92 Å². The van der Waals surface area contributed by atoms with E-state index in [0.717, 1.165) is 27.7 Å². The third-order valence-electron chi connectivity index (χ3n) is 3.84. The Labute approximate surface area is 127 Å². The number of pyridine rings is 1. The summed E-state index contributed by atoms with van der Waals surface area (Å²) in [5.41, 5.74) is 4.22. The average molecular weight is 287 g/mol. The van der Waals surface area contributed by atoms with Gasteiger partial charge in [0.1, 0.15) is 5.76 Å². The second-order valence-corrected chi connectivity index (χ2v) is 5.33. The molecule has 3 nitrogen and oxygen atoms in total. The van der Waals surface area contributed by atoms with E-state index in [4.69, 9.17) is 4.74 Å². The maximum atomic E-state index is 11.9. The minimum absolute atomic E-state index is 0.305. The minimum atomic E-state index is -0.305. The zero-order chi connectivity index (χ0) is 15.1. The number of nitrogens with zero attached hydrogens (tertiary/aromatic N) is 1. The van der Waals surface area contributed by atoms with Crippen molar-refractivity contribution in [3.05, 3.63) is 77.0 Å². The summed E-state index contributed by atoms with van der Waals surface area (Å²) in [6.45, 7) is 2.01. The first-order chi connectivity index (χ1) is 10.7. The van der Waals surface area contributed by atoms with E-state index >= 15 is 0 Å². The van der Waals surface area contributed by atoms with Crippen molar-refractivity contribution >= 4 is 28.7 Å². The Morgan fingerprint density at radius 1 is 1.00 bits per heavy atom. The molecule has 0 bridgehead atoms. The van der Waals surface area contributed by atoms with E-state index in [9.17, 15) is 4.79 Å². The molecule has 1 aliphatic rings. The number of fused-ring (bicyclic) bond motifs is 2. The summed E-state index contributed by atoms with van der Waals surface area (Å²) in [6.07, 6.45) is 1.84. The first-order valence-corrected chi connectivity index (χ1v) is 7.12. The number of cyclic esters (lactones) is 1. The third kappa shape index (κ3) is 1.99. The van der Waals surface area contributed by atoms with Crippen molar-refractivity contribution < 1.29 is 9.53 Å². The van der Waals surface area contributed by atoms with Gasteiger partial charge >= 0.3 is 5.97 Å². The molecule has 0 saturated carbocycles. The number of ether oxygens (including phenoxy) is 1. The van der Waals surface area contributed by atoms with Crippen LogP contribution >= 0.6 is 0 Å². The van der Waals surface area contributed by atoms with Gasteiger partial charge in [-0.2, -0.15) is 0 Å². The molecule has 22 heavy (non-hydrogen) atoms. The van der Waals surface area contributed by atoms with Crippen LogP contribution in [0.4, 0.5) is 0 Å². The molecule has 1 aromatic heterocycles. The fourth-order valence-corrected chi connectivity index (χ4v) is 2.70. The van der Waals surface area contributed by atoms with Crippen LogP contribution in [0.5, 0.6) is 0 Å². The number of benzene rings is 2. The Kier molecular flexibility index (Phi) is 2.79. The molecule has 0 unspecified atom stereocenters. The number of rotatable bonds is 1. The number of carbonyl (C=O) groups excluding carboxylic acids is 1. The number of esters is 1. The van der Waals surface area contributed by atoms with Crippen LogP contribution in [-0.2, 0) is 4.74 Å². The van der Waals surface area contributed by atoms with Crippen molar-refractivity contribution in [3.8, 4) is 0 Å². The van der Waals surface area contributed by atoms with Gasteiger partial charge in [-0.3, -0.25) is 0 Å². The Morgan fingerprint density at radius 2 is 1.73 bits per heavy atom. The molecule has 2 heterocycles. The van der Waals surface area contributed by atoms with Gasteiger partial charge in [-0.25, -0.2) is 9.78 Å². The van der Waals surface area contributed by atoms with Gasteiger partial charge < -0.3 is 4.74 Å². The summed E-state index contributed by atoms with van der Waals surface area (Å²) in [6, 6.07) is 17.5. The Hall–Kier alpha value is -2.94. The molecule has 0 saturated heterocycles. The standard InChI is InChI=1S/C19H13NO2/c1-12-10-13-6-2-5-9-16(13)20-17(12)11-18-14-7-3-4-8-15(14)19(21)22-18/h2-11H,1H3/b18-11+. The lowest BCUT2D eigenvalue weighted by Gasteiger charge is -2.05. The number of aryl methyl sites for hydroxylation is 1. The van der Waals surface area contributed by atoms with Crippen LogP contribution in [-0.4, -0.2) is 11.0 Å². The molecule has 4 rings (SSSR count). The van der Waals surface area contributed by atoms with Gasteiger partial charge in [0.2, 0.25) is 0 Å². The lowest BCUT2D eigenvalue weighted by molar-refractivity contribution is 0.0717. The van der Waals surface area contributed by atoms with Crippen molar-refractivity contribution in [3.63, 3.8) is 0 Å². The highest BCUT2D eigenvalue weighted by molar-refractivity contribution is 6.05. The zero-order valence-electron chi connectivity index (χ0n) is 12.0. The van der Waals surface area contributed by atoms with Gasteiger partial charge in [0, 0.05) is 17.0 Å². The molecule has 3 aromatic rings. The average Bonchev–Trinajstić information content (AvgIpc) is 2.85. The maximum absolute atomic E-state index is 11.9. The second-order valence-electron chi connectivity index (χ2n) is 5.33. The number of aromatic nitrogens is 1. The van der Waals surface area contributed by atoms with Crippen molar-refractivity contribution in [2.45, 2.75) is 6.92 Å². The van der Waals surface area contributed by atoms with E-state index in [1.54, 1.807) is 6.07 Å². The monoisotopic (exact) mass is 287 g/mol. The molecule has 0 spiro atoms. The Bertz CT molecular complexity index is 941. The first kappa shape index (κ1) is 12.8. The molecule has 0 aliphatic carbocycles. The van der Waals surface area contributed by atoms with Gasteiger partial charge in [0.05, 0.1) is 16.8 Å². The van der Waals surface area contributed by atoms with Crippen molar-refractivity contribution in [1.82, 2.24) is 4.98 Å². The van der Waals surface area contributed by atoms with Crippen LogP contribution in [0.3, 0.4) is 0 Å². The summed E-state index contributed by atoms with van der Waals surface area (Å²) >= 11 is 0. The van der Waals surface area contributed by atoms with Crippen molar-refractivity contribution in [2.24, 2.45) is 0 Å². The molecule has 0 atom stereocenters. The fourth-order valence-electron chi connectivity index (χ4n) is 2.70. The number of carbonyl (C=O) groups is 1. The van der Waals surface area contributed by atoms with Gasteiger partial charge in [0.15, 0.2) is 0 Å². The molecular formula is C19H13NO2. The van der Waals surface area contributed by atoms with Gasteiger partial charge in [-0.15, -0.1) is 0 Å². The van der Waals surface area contributed by atoms with Gasteiger partial charge in [-0.1, -0.05) is 36.4 Å². The summed E-state index contributed by atoms with van der Waals surface area (Å²) in [5.74, 6) is 0.256. The fraction of sp³-hybridized carbons (Fsp3) is 0.0526. The lowest BCUT2D eigenvalue weighted by Crippen LogP contribution is -1.93. The van der Waals surface area contributed by atoms with E-state index in [2.05, 4.69) is 11.1 Å². The molecule has 2 aromatic carbocycles. The molecule has 0 fully saturated rings. The van der Waals surface area contributed by atoms with E-state index in [1.165, 1.54) is 0 Å². The first-order valence-electron chi connectivity index (χ1n) is 7.12. The van der Waals surface area contributed by atoms with E-state index in [-0.39, 0.29) is 5.97 Å². The summed E-state index contributed by atoms with van der Waals surface area (Å²) < 4.78 is 5.38. The molecule has 106 valence electrons. The number of para-hydroxylation sites is 1. The highest BCUT2D eigenvalue weighted by Crippen LogP contribution is 2.31. The molecular weight excluding hydrogens is 274 g/mol. The van der Waals surface area contributed by atoms with Crippen molar-refractivity contribution in [1.29, 1.82) is 0 Å². The SMILES string of the molecule is Cc1cc2ccccc2nc1/C=C1/OC(=O)c2ccccc21. The van der Waals surface area contributed by atoms with Crippen LogP contribution in [0.25, 0.3) is 22.7 Å². The molecule has 0 amide bonds. The Balaban J connectivity index is 1.87. The largest absolute Gasteiger partial charge is 0.422 e. The molecule has 1 aliphatic heterocycles. The van der Waals surface area contributed by atoms with Gasteiger partial charge in [0.25, 0.3) is 0 Å². The maximum Gasteiger partial charge on any atom is 0.344 e. The topological polar surface area (TPSA) is 39.2 Å². The van der Waals surface area contributed by atoms with Crippen LogP contribution in [0.1, 0.15) is 27.2 Å². The highest BCUT2D eigenvalue weighted by atomic mass is 16.5. The normalized spacial score (nSPS) is 15.1. The predicted octanol–water partition coefficient (Wildman–Crippen LogP) is 4.21. The highest BCUT2D eigenvalue weighted by Gasteiger charge is 2.25. The quantitative estimate of drug-likeness (QED) is 0.629. The predicted molar refractivity (Wildman–Crippen MR) is 86.2 cm³/mol. The Morgan fingerprint density at radius 3 is 2.59 bits per heavy atom. The summed E-state index contributed by atoms with van der Waals surface area (Å²) in [7, 11) is 0. The van der Waals surface area contributed by atoms with E-state index < -0.39 is 0 Å². The lowest BCUT2D eigenvalue weighted by atomic mass is 10.1. The summed E-state index contributed by atoms with van der Waals surface area (Å²) in [5, 5.41) is 1.10. The van der Waals surface area contributed by atoms with Crippen LogP contribution in [0.15, 0.2) is 54.6 Å². The van der Waals surface area contributed by atoms with E-state index in [1.807, 2.05) is 55.5 Å². The number of hydrogen-bond donors (Lipinski definition) is 0. The zero-order valence-corrected chi connectivity index (χ0v) is 12.0. The molecule has 0 N–H and O–H groups in total. The second kappa shape index (κ2) is 4.81. The summed E-state index contributed by atoms with van der Waals surface area (Å²) in [4.78, 5) is 16.5. The van der Waals surface area contributed by atoms with Gasteiger partial charge in [-0.05, 0) is 30.7 Å². The third-order valence-corrected chi connectivity index (χ3v) is 3.84. The number of hydrogen-bond acceptors (Lipinski definition) is 3. The van der Waals surface area contributed by atoms with E-state index in [0.29, 0.717) is 11.3 Å². The molecule has 0 radical (unpaired) electrons. The van der Waals surface area contributed by atoms with Crippen LogP contribution in [0.2, 0.25) is 0 Å².